The monoisotopic (exact) mass is 351 g/mol. The van der Waals surface area contributed by atoms with E-state index >= 15 is 0 Å². The number of carbonyl (C=O) groups is 1. The Morgan fingerprint density at radius 2 is 1.92 bits per heavy atom. The van der Waals surface area contributed by atoms with Gasteiger partial charge in [-0.15, -0.1) is 10.2 Å². The predicted octanol–water partition coefficient (Wildman–Crippen LogP) is 3.92. The topological polar surface area (TPSA) is 76.5 Å². The summed E-state index contributed by atoms with van der Waals surface area (Å²) in [5, 5.41) is 13.9. The molecule has 0 aliphatic rings. The molecule has 0 saturated carbocycles. The molecular formula is C18H14ClN5O. The highest BCUT2D eigenvalue weighted by Crippen LogP contribution is 2.23. The maximum Gasteiger partial charge on any atom is 0.204 e. The van der Waals surface area contributed by atoms with Gasteiger partial charge >= 0.3 is 0 Å². The Hall–Kier alpha value is -2.99. The summed E-state index contributed by atoms with van der Waals surface area (Å²) < 4.78 is 0. The maximum absolute atomic E-state index is 12.8. The minimum absolute atomic E-state index is 0.0718. The van der Waals surface area contributed by atoms with Gasteiger partial charge in [0.2, 0.25) is 5.82 Å². The second-order valence-corrected chi connectivity index (χ2v) is 6.16. The first-order valence-corrected chi connectivity index (χ1v) is 8.17. The van der Waals surface area contributed by atoms with Crippen LogP contribution < -0.4 is 0 Å². The molecule has 1 N–H and O–H groups in total. The summed E-state index contributed by atoms with van der Waals surface area (Å²) in [5.74, 6) is 0.382. The second-order valence-electron chi connectivity index (χ2n) is 5.73. The number of hydrogen-bond acceptors (Lipinski definition) is 4. The van der Waals surface area contributed by atoms with E-state index in [-0.39, 0.29) is 5.78 Å². The van der Waals surface area contributed by atoms with Gasteiger partial charge in [-0.25, -0.2) is 0 Å². The van der Waals surface area contributed by atoms with Crippen molar-refractivity contribution in [3.8, 4) is 11.4 Å². The zero-order chi connectivity index (χ0) is 17.4. The molecule has 0 aliphatic heterocycles. The van der Waals surface area contributed by atoms with E-state index < -0.39 is 6.04 Å². The fraction of sp³-hybridized carbons (Fsp3) is 0.111. The molecule has 0 spiro atoms. The van der Waals surface area contributed by atoms with Gasteiger partial charge in [0.05, 0.1) is 0 Å². The number of rotatable bonds is 4. The van der Waals surface area contributed by atoms with E-state index in [1.54, 1.807) is 25.3 Å². The molecule has 2 aromatic carbocycles. The number of ketones is 1. The fourth-order valence-corrected chi connectivity index (χ4v) is 2.84. The van der Waals surface area contributed by atoms with Crippen molar-refractivity contribution in [1.82, 2.24) is 25.2 Å². The normalized spacial score (nSPS) is 12.4. The lowest BCUT2D eigenvalue weighted by Crippen LogP contribution is -2.19. The average Bonchev–Trinajstić information content (AvgIpc) is 3.28. The third-order valence-corrected chi connectivity index (χ3v) is 4.36. The van der Waals surface area contributed by atoms with Gasteiger partial charge in [0.15, 0.2) is 5.78 Å². The van der Waals surface area contributed by atoms with E-state index in [9.17, 15) is 4.79 Å². The third-order valence-electron chi connectivity index (χ3n) is 4.11. The van der Waals surface area contributed by atoms with Crippen molar-refractivity contribution in [2.45, 2.75) is 13.0 Å². The molecule has 7 heteroatoms. The number of nitrogens with one attached hydrogen (secondary N) is 1. The summed E-state index contributed by atoms with van der Waals surface area (Å²) in [6.45, 7) is 1.76. The maximum atomic E-state index is 12.8. The molecule has 0 amide bonds. The van der Waals surface area contributed by atoms with Crippen LogP contribution in [0.4, 0.5) is 0 Å². The number of hydrogen-bond donors (Lipinski definition) is 1. The standard InChI is InChI=1S/C18H14ClN5O/c1-11(17(25)15-10-20-16-5-3-2-4-14(15)16)24-22-18(21-23-24)12-6-8-13(19)9-7-12/h2-11,20H,1H3/t11-/m1/s1. The van der Waals surface area contributed by atoms with Crippen LogP contribution in [0.5, 0.6) is 0 Å². The summed E-state index contributed by atoms with van der Waals surface area (Å²) in [6, 6.07) is 14.3. The van der Waals surface area contributed by atoms with Crippen molar-refractivity contribution in [2.24, 2.45) is 0 Å². The lowest BCUT2D eigenvalue weighted by atomic mass is 10.1. The van der Waals surface area contributed by atoms with Gasteiger partial charge in [-0.05, 0) is 42.5 Å². The summed E-state index contributed by atoms with van der Waals surface area (Å²) in [6.07, 6.45) is 1.72. The van der Waals surface area contributed by atoms with Gasteiger partial charge in [0, 0.05) is 33.2 Å². The predicted molar refractivity (Wildman–Crippen MR) is 95.6 cm³/mol. The van der Waals surface area contributed by atoms with Gasteiger partial charge in [-0.2, -0.15) is 4.80 Å². The van der Waals surface area contributed by atoms with Crippen LogP contribution in [-0.4, -0.2) is 31.0 Å². The quantitative estimate of drug-likeness (QED) is 0.565. The number of H-pyrrole nitrogens is 1. The molecule has 0 saturated heterocycles. The number of fused-ring (bicyclic) bond motifs is 1. The highest BCUT2D eigenvalue weighted by Gasteiger charge is 2.22. The van der Waals surface area contributed by atoms with E-state index in [0.717, 1.165) is 16.5 Å². The van der Waals surface area contributed by atoms with Crippen LogP contribution in [0.3, 0.4) is 0 Å². The Labute approximate surface area is 148 Å². The summed E-state index contributed by atoms with van der Waals surface area (Å²) >= 11 is 5.89. The summed E-state index contributed by atoms with van der Waals surface area (Å²) in [5.41, 5.74) is 2.34. The van der Waals surface area contributed by atoms with E-state index in [4.69, 9.17) is 11.6 Å². The molecule has 6 nitrogen and oxygen atoms in total. The average molecular weight is 352 g/mol. The zero-order valence-corrected chi connectivity index (χ0v) is 14.1. The van der Waals surface area contributed by atoms with Crippen molar-refractivity contribution in [1.29, 1.82) is 0 Å². The summed E-state index contributed by atoms with van der Waals surface area (Å²) in [4.78, 5) is 17.3. The highest BCUT2D eigenvalue weighted by atomic mass is 35.5. The first kappa shape index (κ1) is 15.5. The Kier molecular flexibility index (Phi) is 3.82. The molecule has 0 radical (unpaired) electrons. The van der Waals surface area contributed by atoms with Gasteiger partial charge in [-0.3, -0.25) is 4.79 Å². The Morgan fingerprint density at radius 1 is 1.16 bits per heavy atom. The van der Waals surface area contributed by atoms with Crippen molar-refractivity contribution >= 4 is 28.3 Å². The lowest BCUT2D eigenvalue weighted by molar-refractivity contribution is 0.0920. The largest absolute Gasteiger partial charge is 0.360 e. The molecule has 124 valence electrons. The smallest absolute Gasteiger partial charge is 0.204 e. The number of tetrazole rings is 1. The molecule has 2 aromatic heterocycles. The van der Waals surface area contributed by atoms with Gasteiger partial charge in [0.1, 0.15) is 6.04 Å². The van der Waals surface area contributed by atoms with Gasteiger partial charge in [0.25, 0.3) is 0 Å². The van der Waals surface area contributed by atoms with Crippen molar-refractivity contribution in [3.63, 3.8) is 0 Å². The van der Waals surface area contributed by atoms with Gasteiger partial charge < -0.3 is 4.98 Å². The molecule has 4 aromatic rings. The van der Waals surface area contributed by atoms with Crippen molar-refractivity contribution < 1.29 is 4.79 Å². The number of carbonyl (C=O) groups excluding carboxylic acids is 1. The molecule has 25 heavy (non-hydrogen) atoms. The van der Waals surface area contributed by atoms with Gasteiger partial charge in [-0.1, -0.05) is 29.8 Å². The SMILES string of the molecule is C[C@H](C(=O)c1c[nH]c2ccccc12)n1nnc(-c2ccc(Cl)cc2)n1. The molecule has 0 fully saturated rings. The highest BCUT2D eigenvalue weighted by molar-refractivity contribution is 6.30. The Morgan fingerprint density at radius 3 is 2.72 bits per heavy atom. The van der Waals surface area contributed by atoms with Crippen LogP contribution in [0.1, 0.15) is 23.3 Å². The number of nitrogens with zero attached hydrogens (tertiary/aromatic N) is 4. The van der Waals surface area contributed by atoms with Crippen LogP contribution in [-0.2, 0) is 0 Å². The molecule has 0 aliphatic carbocycles. The second kappa shape index (κ2) is 6.14. The minimum atomic E-state index is -0.562. The Bertz CT molecular complexity index is 1050. The minimum Gasteiger partial charge on any atom is -0.360 e. The third kappa shape index (κ3) is 2.81. The number of Topliss-reactive ketones (excluding diaryl/α,β-unsaturated/α-hetero) is 1. The van der Waals surface area contributed by atoms with E-state index in [2.05, 4.69) is 20.4 Å². The fourth-order valence-electron chi connectivity index (χ4n) is 2.71. The van der Waals surface area contributed by atoms with E-state index in [0.29, 0.717) is 16.4 Å². The number of aromatic amines is 1. The number of aromatic nitrogens is 5. The van der Waals surface area contributed by atoms with Crippen LogP contribution >= 0.6 is 11.6 Å². The van der Waals surface area contributed by atoms with Crippen molar-refractivity contribution in [3.05, 3.63) is 65.3 Å². The van der Waals surface area contributed by atoms with E-state index in [1.165, 1.54) is 4.80 Å². The van der Waals surface area contributed by atoms with Crippen LogP contribution in [0.15, 0.2) is 54.7 Å². The summed E-state index contributed by atoms with van der Waals surface area (Å²) in [7, 11) is 0. The molecule has 1 atom stereocenters. The first-order valence-electron chi connectivity index (χ1n) is 7.79. The molecule has 4 rings (SSSR count). The number of para-hydroxylation sites is 1. The van der Waals surface area contributed by atoms with Crippen LogP contribution in [0.2, 0.25) is 5.02 Å². The van der Waals surface area contributed by atoms with E-state index in [1.807, 2.05) is 36.4 Å². The zero-order valence-electron chi connectivity index (χ0n) is 13.3. The molecule has 0 bridgehead atoms. The van der Waals surface area contributed by atoms with Crippen LogP contribution in [0, 0.1) is 0 Å². The Balaban J connectivity index is 1.63. The first-order chi connectivity index (χ1) is 12.1. The number of halogens is 1. The van der Waals surface area contributed by atoms with Crippen molar-refractivity contribution in [2.75, 3.05) is 0 Å². The lowest BCUT2D eigenvalue weighted by Gasteiger charge is -2.07. The molecule has 2 heterocycles. The van der Waals surface area contributed by atoms with Crippen LogP contribution in [0.25, 0.3) is 22.3 Å². The molecule has 0 unspecified atom stereocenters. The number of benzene rings is 2. The molecular weight excluding hydrogens is 338 g/mol.